The summed E-state index contributed by atoms with van der Waals surface area (Å²) in [7, 11) is -2.79. The van der Waals surface area contributed by atoms with Gasteiger partial charge in [0.05, 0.1) is 5.54 Å². The van der Waals surface area contributed by atoms with Gasteiger partial charge in [0, 0.05) is 26.4 Å². The van der Waals surface area contributed by atoms with E-state index in [-0.39, 0.29) is 5.54 Å². The number of hydrogen-bond acceptors (Lipinski definition) is 4. The van der Waals surface area contributed by atoms with Crippen molar-refractivity contribution >= 4 is 8.80 Å². The van der Waals surface area contributed by atoms with Gasteiger partial charge in [-0.3, -0.25) is 0 Å². The summed E-state index contributed by atoms with van der Waals surface area (Å²) in [5, 5.41) is 0. The average molecular weight is 283 g/mol. The maximum Gasteiger partial charge on any atom is 0.510 e. The molecule has 1 atom stereocenters. The van der Waals surface area contributed by atoms with Gasteiger partial charge in [-0.1, -0.05) is 30.3 Å². The van der Waals surface area contributed by atoms with E-state index in [2.05, 4.69) is 12.1 Å². The Bertz CT molecular complexity index is 331. The number of rotatable bonds is 9. The minimum Gasteiger partial charge on any atom is -0.373 e. The molecule has 4 nitrogen and oxygen atoms in total. The molecule has 0 saturated heterocycles. The van der Waals surface area contributed by atoms with Crippen molar-refractivity contribution in [3.8, 4) is 0 Å². The molecule has 19 heavy (non-hydrogen) atoms. The maximum atomic E-state index is 5.98. The first kappa shape index (κ1) is 16.3. The summed E-state index contributed by atoms with van der Waals surface area (Å²) in [4.78, 5) is 0. The van der Waals surface area contributed by atoms with Crippen LogP contribution in [0.15, 0.2) is 30.3 Å². The molecule has 0 saturated carbocycles. The van der Waals surface area contributed by atoms with E-state index in [0.717, 1.165) is 5.56 Å². The lowest BCUT2D eigenvalue weighted by Gasteiger charge is -2.34. The lowest BCUT2D eigenvalue weighted by atomic mass is 10.1. The Balaban J connectivity index is 3.10. The van der Waals surface area contributed by atoms with Gasteiger partial charge in [-0.05, 0) is 26.3 Å². The quantitative estimate of drug-likeness (QED) is 0.707. The first-order chi connectivity index (χ1) is 9.24. The molecule has 0 aliphatic heterocycles. The van der Waals surface area contributed by atoms with E-state index in [1.807, 2.05) is 39.0 Å². The fourth-order valence-corrected chi connectivity index (χ4v) is 5.15. The Labute approximate surface area is 117 Å². The van der Waals surface area contributed by atoms with Crippen LogP contribution in [0.1, 0.15) is 31.9 Å². The van der Waals surface area contributed by atoms with E-state index in [4.69, 9.17) is 19.0 Å². The fraction of sp³-hybridized carbons (Fsp3) is 0.571. The normalized spacial score (nSPS) is 13.5. The molecule has 5 heteroatoms. The predicted octanol–water partition coefficient (Wildman–Crippen LogP) is 2.32. The smallest absolute Gasteiger partial charge is 0.373 e. The van der Waals surface area contributed by atoms with Crippen LogP contribution in [0.4, 0.5) is 0 Å². The summed E-state index contributed by atoms with van der Waals surface area (Å²) in [6.07, 6.45) is 0. The third kappa shape index (κ3) is 4.12. The molecule has 2 N–H and O–H groups in total. The molecule has 0 bridgehead atoms. The van der Waals surface area contributed by atoms with Gasteiger partial charge >= 0.3 is 8.80 Å². The van der Waals surface area contributed by atoms with E-state index < -0.39 is 8.80 Å². The highest BCUT2D eigenvalue weighted by molar-refractivity contribution is 6.62. The zero-order chi connectivity index (χ0) is 14.1. The van der Waals surface area contributed by atoms with E-state index >= 15 is 0 Å². The second kappa shape index (κ2) is 8.45. The third-order valence-electron chi connectivity index (χ3n) is 2.90. The molecule has 1 rings (SSSR count). The van der Waals surface area contributed by atoms with Crippen molar-refractivity contribution < 1.29 is 13.3 Å². The standard InChI is InChI=1S/C14H25NO3Si/c1-4-16-19(17-5-2,18-6-3)14(12-15)13-10-8-7-9-11-13/h7-11,14H,4-6,12,15H2,1-3H3. The molecule has 0 aromatic heterocycles. The topological polar surface area (TPSA) is 53.7 Å². The Morgan fingerprint density at radius 3 is 1.79 bits per heavy atom. The van der Waals surface area contributed by atoms with E-state index in [1.165, 1.54) is 0 Å². The van der Waals surface area contributed by atoms with Gasteiger partial charge in [-0.2, -0.15) is 0 Å². The molecule has 1 aromatic carbocycles. The van der Waals surface area contributed by atoms with Gasteiger partial charge in [0.15, 0.2) is 0 Å². The van der Waals surface area contributed by atoms with Crippen molar-refractivity contribution in [3.05, 3.63) is 35.9 Å². The molecular weight excluding hydrogens is 258 g/mol. The van der Waals surface area contributed by atoms with Crippen LogP contribution in [0, 0.1) is 0 Å². The Kier molecular flexibility index (Phi) is 7.26. The molecule has 0 aliphatic rings. The zero-order valence-corrected chi connectivity index (χ0v) is 13.1. The minimum absolute atomic E-state index is 0.0199. The van der Waals surface area contributed by atoms with Crippen LogP contribution in [0.25, 0.3) is 0 Å². The van der Waals surface area contributed by atoms with Gasteiger partial charge in [-0.15, -0.1) is 0 Å². The minimum atomic E-state index is -2.79. The average Bonchev–Trinajstić information content (AvgIpc) is 2.41. The molecule has 0 aliphatic carbocycles. The highest BCUT2D eigenvalue weighted by Gasteiger charge is 2.49. The van der Waals surface area contributed by atoms with Crippen molar-refractivity contribution in [1.82, 2.24) is 0 Å². The molecule has 0 amide bonds. The van der Waals surface area contributed by atoms with Crippen LogP contribution in [0.3, 0.4) is 0 Å². The number of hydrogen-bond donors (Lipinski definition) is 1. The second-order valence-corrected chi connectivity index (χ2v) is 6.87. The lowest BCUT2D eigenvalue weighted by Crippen LogP contribution is -2.54. The van der Waals surface area contributed by atoms with Crippen LogP contribution in [-0.4, -0.2) is 35.2 Å². The molecule has 0 spiro atoms. The molecule has 0 radical (unpaired) electrons. The summed E-state index contributed by atoms with van der Waals surface area (Å²) in [6, 6.07) is 10.1. The zero-order valence-electron chi connectivity index (χ0n) is 12.1. The lowest BCUT2D eigenvalue weighted by molar-refractivity contribution is 0.0624. The molecule has 1 unspecified atom stereocenters. The molecule has 108 valence electrons. The van der Waals surface area contributed by atoms with Crippen LogP contribution in [0.2, 0.25) is 0 Å². The van der Waals surface area contributed by atoms with Crippen LogP contribution < -0.4 is 5.73 Å². The fourth-order valence-electron chi connectivity index (χ4n) is 2.20. The van der Waals surface area contributed by atoms with Gasteiger partial charge in [0.25, 0.3) is 0 Å². The molecule has 0 heterocycles. The van der Waals surface area contributed by atoms with E-state index in [0.29, 0.717) is 26.4 Å². The molecule has 1 aromatic rings. The third-order valence-corrected chi connectivity index (χ3v) is 6.40. The van der Waals surface area contributed by atoms with Crippen LogP contribution >= 0.6 is 0 Å². The van der Waals surface area contributed by atoms with Crippen LogP contribution in [0.5, 0.6) is 0 Å². The highest BCUT2D eigenvalue weighted by Crippen LogP contribution is 2.29. The van der Waals surface area contributed by atoms with Gasteiger partial charge in [0.2, 0.25) is 0 Å². The first-order valence-electron chi connectivity index (χ1n) is 6.90. The monoisotopic (exact) mass is 283 g/mol. The Morgan fingerprint density at radius 1 is 0.947 bits per heavy atom. The summed E-state index contributed by atoms with van der Waals surface area (Å²) in [5.74, 6) is 0. The first-order valence-corrected chi connectivity index (χ1v) is 8.71. The van der Waals surface area contributed by atoms with Crippen molar-refractivity contribution in [2.24, 2.45) is 5.73 Å². The molecule has 0 fully saturated rings. The van der Waals surface area contributed by atoms with Gasteiger partial charge < -0.3 is 19.0 Å². The Morgan fingerprint density at radius 2 is 1.42 bits per heavy atom. The van der Waals surface area contributed by atoms with Crippen molar-refractivity contribution in [1.29, 1.82) is 0 Å². The summed E-state index contributed by atoms with van der Waals surface area (Å²) in [5.41, 5.74) is 7.07. The van der Waals surface area contributed by atoms with Gasteiger partial charge in [0.1, 0.15) is 0 Å². The summed E-state index contributed by atoms with van der Waals surface area (Å²) < 4.78 is 17.8. The number of nitrogens with two attached hydrogens (primary N) is 1. The van der Waals surface area contributed by atoms with Crippen LogP contribution in [-0.2, 0) is 13.3 Å². The van der Waals surface area contributed by atoms with Gasteiger partial charge in [-0.25, -0.2) is 0 Å². The Hall–Kier alpha value is -0.723. The van der Waals surface area contributed by atoms with E-state index in [9.17, 15) is 0 Å². The van der Waals surface area contributed by atoms with Crippen molar-refractivity contribution in [2.45, 2.75) is 26.3 Å². The molecular formula is C14H25NO3Si. The van der Waals surface area contributed by atoms with Crippen molar-refractivity contribution in [2.75, 3.05) is 26.4 Å². The maximum absolute atomic E-state index is 5.98. The SMILES string of the molecule is CCO[Si](OCC)(OCC)C(CN)c1ccccc1. The number of benzene rings is 1. The summed E-state index contributed by atoms with van der Waals surface area (Å²) >= 11 is 0. The largest absolute Gasteiger partial charge is 0.510 e. The predicted molar refractivity (Wildman–Crippen MR) is 78.9 cm³/mol. The summed E-state index contributed by atoms with van der Waals surface area (Å²) in [6.45, 7) is 8.02. The highest BCUT2D eigenvalue weighted by atomic mass is 28.4. The second-order valence-electron chi connectivity index (χ2n) is 4.10. The van der Waals surface area contributed by atoms with E-state index in [1.54, 1.807) is 0 Å². The van der Waals surface area contributed by atoms with Crippen molar-refractivity contribution in [3.63, 3.8) is 0 Å².